The van der Waals surface area contributed by atoms with Gasteiger partial charge in [-0.1, -0.05) is 42.0 Å². The molecule has 0 aliphatic heterocycles. The van der Waals surface area contributed by atoms with E-state index in [4.69, 9.17) is 4.42 Å². The van der Waals surface area contributed by atoms with Gasteiger partial charge in [0.2, 0.25) is 12.3 Å². The molecule has 92 valence electrons. The molecule has 0 saturated carbocycles. The second kappa shape index (κ2) is 4.77. The lowest BCUT2D eigenvalue weighted by Gasteiger charge is -2.28. The average molecular weight is 240 g/mol. The Kier molecular flexibility index (Phi) is 2.97. The van der Waals surface area contributed by atoms with Gasteiger partial charge in [-0.25, -0.2) is 0 Å². The van der Waals surface area contributed by atoms with Crippen LogP contribution in [0.3, 0.4) is 0 Å². The molecule has 0 radical (unpaired) electrons. The van der Waals surface area contributed by atoms with Crippen LogP contribution in [0.15, 0.2) is 52.8 Å². The van der Waals surface area contributed by atoms with Crippen molar-refractivity contribution in [2.24, 2.45) is 0 Å². The molecule has 3 heteroatoms. The fourth-order valence-corrected chi connectivity index (χ4v) is 2.73. The molecular weight excluding hydrogens is 224 g/mol. The fourth-order valence-electron chi connectivity index (χ4n) is 2.73. The number of nitrogens with zero attached hydrogens (tertiary/aromatic N) is 2. The maximum atomic E-state index is 5.41. The summed E-state index contributed by atoms with van der Waals surface area (Å²) in [6, 6.07) is 10.6. The molecule has 2 aromatic rings. The van der Waals surface area contributed by atoms with Crippen LogP contribution in [0.2, 0.25) is 0 Å². The van der Waals surface area contributed by atoms with E-state index in [2.05, 4.69) is 53.5 Å². The van der Waals surface area contributed by atoms with Crippen LogP contribution in [0, 0.1) is 0 Å². The van der Waals surface area contributed by atoms with Gasteiger partial charge in [-0.3, -0.25) is 0 Å². The first kappa shape index (κ1) is 11.2. The van der Waals surface area contributed by atoms with Crippen molar-refractivity contribution in [2.75, 3.05) is 0 Å². The van der Waals surface area contributed by atoms with Gasteiger partial charge in [0.15, 0.2) is 0 Å². The number of hydrogen-bond acceptors (Lipinski definition) is 3. The van der Waals surface area contributed by atoms with Gasteiger partial charge >= 0.3 is 0 Å². The Morgan fingerprint density at radius 2 is 2.00 bits per heavy atom. The van der Waals surface area contributed by atoms with Crippen LogP contribution in [0.5, 0.6) is 0 Å². The van der Waals surface area contributed by atoms with Crippen molar-refractivity contribution in [1.29, 1.82) is 0 Å². The lowest BCUT2D eigenvalue weighted by molar-refractivity contribution is 0.391. The molecule has 0 spiro atoms. The van der Waals surface area contributed by atoms with Gasteiger partial charge in [0, 0.05) is 5.92 Å². The molecule has 1 aliphatic carbocycles. The number of allylic oxidation sites excluding steroid dienone is 2. The molecule has 2 unspecified atom stereocenters. The number of hydrogen-bond donors (Lipinski definition) is 0. The number of benzene rings is 1. The molecular formula is C15H16N2O. The normalized spacial score (nSPS) is 23.7. The molecule has 1 aromatic carbocycles. The summed E-state index contributed by atoms with van der Waals surface area (Å²) in [6.45, 7) is 2.19. The maximum Gasteiger partial charge on any atom is 0.220 e. The van der Waals surface area contributed by atoms with Crippen molar-refractivity contribution < 1.29 is 4.42 Å². The van der Waals surface area contributed by atoms with Crippen molar-refractivity contribution in [2.45, 2.75) is 31.6 Å². The second-order valence-corrected chi connectivity index (χ2v) is 4.89. The van der Waals surface area contributed by atoms with Gasteiger partial charge in [0.05, 0.1) is 0 Å². The fraction of sp³-hybridized carbons (Fsp3) is 0.333. The molecule has 0 amide bonds. The molecule has 3 nitrogen and oxygen atoms in total. The highest BCUT2D eigenvalue weighted by atomic mass is 16.4. The molecule has 1 aromatic heterocycles. The van der Waals surface area contributed by atoms with Gasteiger partial charge in [0.1, 0.15) is 0 Å². The highest BCUT2D eigenvalue weighted by molar-refractivity contribution is 5.28. The lowest BCUT2D eigenvalue weighted by Crippen LogP contribution is -2.15. The topological polar surface area (TPSA) is 38.9 Å². The molecule has 0 N–H and O–H groups in total. The lowest BCUT2D eigenvalue weighted by atomic mass is 9.76. The third-order valence-corrected chi connectivity index (χ3v) is 3.67. The van der Waals surface area contributed by atoms with Crippen LogP contribution < -0.4 is 0 Å². The predicted molar refractivity (Wildman–Crippen MR) is 69.2 cm³/mol. The van der Waals surface area contributed by atoms with Crippen molar-refractivity contribution in [3.8, 4) is 0 Å². The first-order valence-corrected chi connectivity index (χ1v) is 6.31. The van der Waals surface area contributed by atoms with Crippen LogP contribution in [0.1, 0.15) is 43.1 Å². The third-order valence-electron chi connectivity index (χ3n) is 3.67. The minimum atomic E-state index is 0.304. The van der Waals surface area contributed by atoms with Gasteiger partial charge in [-0.05, 0) is 31.2 Å². The average Bonchev–Trinajstić information content (AvgIpc) is 2.93. The zero-order valence-corrected chi connectivity index (χ0v) is 10.4. The molecule has 18 heavy (non-hydrogen) atoms. The van der Waals surface area contributed by atoms with Gasteiger partial charge in [-0.15, -0.1) is 10.2 Å². The Balaban J connectivity index is 1.96. The minimum absolute atomic E-state index is 0.304. The van der Waals surface area contributed by atoms with Crippen LogP contribution in [-0.2, 0) is 0 Å². The Hall–Kier alpha value is -1.90. The molecule has 1 heterocycles. The maximum absolute atomic E-state index is 5.41. The molecule has 2 atom stereocenters. The Morgan fingerprint density at radius 1 is 1.17 bits per heavy atom. The molecule has 0 saturated heterocycles. The zero-order chi connectivity index (χ0) is 12.4. The van der Waals surface area contributed by atoms with Crippen LogP contribution >= 0.6 is 0 Å². The standard InChI is InChI=1S/C15H16N2O/c1-11-7-8-13(15-17-16-10-18-15)14(9-11)12-5-3-2-4-6-12/h2-7,10,13-14H,8-9H2,1H3. The van der Waals surface area contributed by atoms with E-state index in [0.717, 1.165) is 18.7 Å². The largest absolute Gasteiger partial charge is 0.428 e. The van der Waals surface area contributed by atoms with E-state index in [9.17, 15) is 0 Å². The SMILES string of the molecule is CC1=CCC(c2nnco2)C(c2ccccc2)C1. The van der Waals surface area contributed by atoms with Crippen molar-refractivity contribution >= 4 is 0 Å². The van der Waals surface area contributed by atoms with Crippen molar-refractivity contribution in [3.63, 3.8) is 0 Å². The summed E-state index contributed by atoms with van der Waals surface area (Å²) in [5.41, 5.74) is 2.80. The Bertz CT molecular complexity index is 531. The van der Waals surface area contributed by atoms with Crippen LogP contribution in [-0.4, -0.2) is 10.2 Å². The third kappa shape index (κ3) is 2.08. The summed E-state index contributed by atoms with van der Waals surface area (Å²) in [6.07, 6.45) is 5.75. The van der Waals surface area contributed by atoms with Crippen molar-refractivity contribution in [3.05, 3.63) is 59.8 Å². The predicted octanol–water partition coefficient (Wildman–Crippen LogP) is 3.68. The van der Waals surface area contributed by atoms with E-state index in [1.807, 2.05) is 0 Å². The summed E-state index contributed by atoms with van der Waals surface area (Å²) in [7, 11) is 0. The Labute approximate surface area is 107 Å². The van der Waals surface area contributed by atoms with E-state index in [-0.39, 0.29) is 0 Å². The van der Waals surface area contributed by atoms with Crippen LogP contribution in [0.4, 0.5) is 0 Å². The summed E-state index contributed by atoms with van der Waals surface area (Å²) in [4.78, 5) is 0. The first-order valence-electron chi connectivity index (χ1n) is 6.31. The molecule has 0 bridgehead atoms. The summed E-state index contributed by atoms with van der Waals surface area (Å²) in [5.74, 6) is 1.50. The van der Waals surface area contributed by atoms with Crippen LogP contribution in [0.25, 0.3) is 0 Å². The van der Waals surface area contributed by atoms with E-state index < -0.39 is 0 Å². The van der Waals surface area contributed by atoms with Gasteiger partial charge in [-0.2, -0.15) is 0 Å². The summed E-state index contributed by atoms with van der Waals surface area (Å²) in [5, 5.41) is 7.90. The minimum Gasteiger partial charge on any atom is -0.428 e. The summed E-state index contributed by atoms with van der Waals surface area (Å²) < 4.78 is 5.41. The summed E-state index contributed by atoms with van der Waals surface area (Å²) >= 11 is 0. The number of rotatable bonds is 2. The second-order valence-electron chi connectivity index (χ2n) is 4.89. The van der Waals surface area contributed by atoms with Crippen molar-refractivity contribution in [1.82, 2.24) is 10.2 Å². The zero-order valence-electron chi connectivity index (χ0n) is 10.4. The van der Waals surface area contributed by atoms with E-state index in [1.165, 1.54) is 17.5 Å². The Morgan fingerprint density at radius 3 is 2.72 bits per heavy atom. The van der Waals surface area contributed by atoms with E-state index in [0.29, 0.717) is 11.8 Å². The first-order chi connectivity index (χ1) is 8.84. The van der Waals surface area contributed by atoms with Gasteiger partial charge < -0.3 is 4.42 Å². The highest BCUT2D eigenvalue weighted by Gasteiger charge is 2.30. The molecule has 3 rings (SSSR count). The molecule has 1 aliphatic rings. The van der Waals surface area contributed by atoms with E-state index >= 15 is 0 Å². The monoisotopic (exact) mass is 240 g/mol. The highest BCUT2D eigenvalue weighted by Crippen LogP contribution is 2.42. The smallest absolute Gasteiger partial charge is 0.220 e. The van der Waals surface area contributed by atoms with Gasteiger partial charge in [0.25, 0.3) is 0 Å². The van der Waals surface area contributed by atoms with E-state index in [1.54, 1.807) is 0 Å². The number of aromatic nitrogens is 2. The quantitative estimate of drug-likeness (QED) is 0.752. The molecule has 0 fully saturated rings.